The Morgan fingerprint density at radius 2 is 1.38 bits per heavy atom. The van der Waals surface area contributed by atoms with E-state index in [1.165, 1.54) is 50.6 Å². The fourth-order valence-electron chi connectivity index (χ4n) is 3.18. The van der Waals surface area contributed by atoms with Crippen molar-refractivity contribution in [2.45, 2.75) is 30.7 Å². The van der Waals surface area contributed by atoms with Gasteiger partial charge in [-0.25, -0.2) is 0 Å². The van der Waals surface area contributed by atoms with Gasteiger partial charge in [0.2, 0.25) is 17.9 Å². The summed E-state index contributed by atoms with van der Waals surface area (Å²) in [4.78, 5) is 25.3. The number of ether oxygens (including phenoxy) is 4. The molecule has 0 unspecified atom stereocenters. The minimum Gasteiger partial charge on any atom is -0.497 e. The Morgan fingerprint density at radius 1 is 0.812 bits per heavy atom. The Bertz CT molecular complexity index is 933. The van der Waals surface area contributed by atoms with Crippen LogP contribution in [0.5, 0.6) is 17.2 Å². The van der Waals surface area contributed by atoms with E-state index in [0.29, 0.717) is 11.5 Å². The van der Waals surface area contributed by atoms with E-state index in [1.807, 2.05) is 0 Å². The molecule has 0 aromatic heterocycles. The number of hydrogen-bond donors (Lipinski definition) is 4. The standard InChI is InChI=1S/C22H24O10/c1-29-14-7-12(8-15(9-14)30-2)18(25)17(24)11-3-5-13(6-4-11)31-22-21(28)20(27)19(26)16(10-23)32-22/h3-9,16,19-23,26-28H,10H2,1-2H3/t16-,19-,20+,21-,22-/m1/s1. The van der Waals surface area contributed by atoms with Crippen LogP contribution in [0, 0.1) is 0 Å². The predicted octanol–water partition coefficient (Wildman–Crippen LogP) is -0.0519. The van der Waals surface area contributed by atoms with E-state index in [4.69, 9.17) is 18.9 Å². The smallest absolute Gasteiger partial charge is 0.233 e. The molecule has 1 aliphatic rings. The van der Waals surface area contributed by atoms with E-state index in [1.54, 1.807) is 6.07 Å². The zero-order chi connectivity index (χ0) is 23.4. The Morgan fingerprint density at radius 3 is 1.91 bits per heavy atom. The van der Waals surface area contributed by atoms with E-state index in [-0.39, 0.29) is 16.9 Å². The summed E-state index contributed by atoms with van der Waals surface area (Å²) in [5.41, 5.74) is 0.200. The fourth-order valence-corrected chi connectivity index (χ4v) is 3.18. The van der Waals surface area contributed by atoms with Crippen molar-refractivity contribution in [3.8, 4) is 17.2 Å². The summed E-state index contributed by atoms with van der Waals surface area (Å²) in [6.45, 7) is -0.588. The Labute approximate surface area is 183 Å². The van der Waals surface area contributed by atoms with Crippen LogP contribution in [0.15, 0.2) is 42.5 Å². The van der Waals surface area contributed by atoms with Gasteiger partial charge < -0.3 is 39.4 Å². The summed E-state index contributed by atoms with van der Waals surface area (Å²) < 4.78 is 21.0. The molecule has 3 rings (SSSR count). The second-order valence-electron chi connectivity index (χ2n) is 7.10. The van der Waals surface area contributed by atoms with Gasteiger partial charge in [0.25, 0.3) is 0 Å². The molecule has 1 fully saturated rings. The molecule has 2 aromatic carbocycles. The average Bonchev–Trinajstić information content (AvgIpc) is 2.83. The number of carbonyl (C=O) groups is 2. The van der Waals surface area contributed by atoms with Gasteiger partial charge in [0.05, 0.1) is 20.8 Å². The molecule has 10 heteroatoms. The molecule has 10 nitrogen and oxygen atoms in total. The largest absolute Gasteiger partial charge is 0.497 e. The molecule has 32 heavy (non-hydrogen) atoms. The van der Waals surface area contributed by atoms with Gasteiger partial charge in [-0.2, -0.15) is 0 Å². The van der Waals surface area contributed by atoms with Crippen LogP contribution >= 0.6 is 0 Å². The molecule has 0 saturated carbocycles. The average molecular weight is 448 g/mol. The molecular formula is C22H24O10. The van der Waals surface area contributed by atoms with Crippen molar-refractivity contribution in [1.29, 1.82) is 0 Å². The molecule has 0 spiro atoms. The van der Waals surface area contributed by atoms with Gasteiger partial charge in [0, 0.05) is 17.2 Å². The number of benzene rings is 2. The first kappa shape index (κ1) is 23.6. The van der Waals surface area contributed by atoms with E-state index < -0.39 is 48.9 Å². The minimum atomic E-state index is -1.58. The number of carbonyl (C=O) groups excluding carboxylic acids is 2. The van der Waals surface area contributed by atoms with Crippen LogP contribution in [0.25, 0.3) is 0 Å². The Balaban J connectivity index is 1.73. The lowest BCUT2D eigenvalue weighted by Gasteiger charge is -2.39. The van der Waals surface area contributed by atoms with Gasteiger partial charge in [-0.3, -0.25) is 9.59 Å². The number of ketones is 2. The molecule has 0 radical (unpaired) electrons. The van der Waals surface area contributed by atoms with Crippen molar-refractivity contribution < 1.29 is 49.0 Å². The molecule has 0 amide bonds. The molecule has 1 heterocycles. The topological polar surface area (TPSA) is 152 Å². The maximum Gasteiger partial charge on any atom is 0.233 e. The van der Waals surface area contributed by atoms with Crippen LogP contribution in [0.4, 0.5) is 0 Å². The van der Waals surface area contributed by atoms with Crippen LogP contribution in [-0.4, -0.2) is 83.5 Å². The summed E-state index contributed by atoms with van der Waals surface area (Å²) in [5.74, 6) is -0.626. The third-order valence-electron chi connectivity index (χ3n) is 5.04. The van der Waals surface area contributed by atoms with Gasteiger partial charge in [0.1, 0.15) is 41.7 Å². The third kappa shape index (κ3) is 4.90. The Hall–Kier alpha value is -3.02. The molecule has 1 saturated heterocycles. The number of Topliss-reactive ketones (excluding diaryl/α,β-unsaturated/α-hetero) is 2. The Kier molecular flexibility index (Phi) is 7.44. The number of methoxy groups -OCH3 is 2. The van der Waals surface area contributed by atoms with Gasteiger partial charge in [-0.15, -0.1) is 0 Å². The van der Waals surface area contributed by atoms with Gasteiger partial charge in [-0.1, -0.05) is 0 Å². The predicted molar refractivity (Wildman–Crippen MR) is 109 cm³/mol. The van der Waals surface area contributed by atoms with Gasteiger partial charge in [0.15, 0.2) is 0 Å². The molecule has 4 N–H and O–H groups in total. The van der Waals surface area contributed by atoms with E-state index >= 15 is 0 Å². The highest BCUT2D eigenvalue weighted by molar-refractivity contribution is 6.49. The number of aliphatic hydroxyl groups excluding tert-OH is 4. The van der Waals surface area contributed by atoms with Crippen LogP contribution in [0.3, 0.4) is 0 Å². The van der Waals surface area contributed by atoms with Crippen LogP contribution in [-0.2, 0) is 4.74 Å². The monoisotopic (exact) mass is 448 g/mol. The zero-order valence-electron chi connectivity index (χ0n) is 17.4. The van der Waals surface area contributed by atoms with E-state index in [0.717, 1.165) is 0 Å². The van der Waals surface area contributed by atoms with Crippen molar-refractivity contribution in [2.24, 2.45) is 0 Å². The number of rotatable bonds is 8. The molecule has 1 aliphatic heterocycles. The van der Waals surface area contributed by atoms with Crippen molar-refractivity contribution in [3.05, 3.63) is 53.6 Å². The number of aliphatic hydroxyl groups is 4. The van der Waals surface area contributed by atoms with Crippen LogP contribution < -0.4 is 14.2 Å². The van der Waals surface area contributed by atoms with Crippen LogP contribution in [0.1, 0.15) is 20.7 Å². The first-order valence-corrected chi connectivity index (χ1v) is 9.68. The first-order valence-electron chi connectivity index (χ1n) is 9.68. The minimum absolute atomic E-state index is 0.0953. The van der Waals surface area contributed by atoms with Gasteiger partial charge in [-0.05, 0) is 36.4 Å². The highest BCUT2D eigenvalue weighted by Crippen LogP contribution is 2.26. The maximum atomic E-state index is 12.6. The lowest BCUT2D eigenvalue weighted by atomic mass is 9.99. The second-order valence-corrected chi connectivity index (χ2v) is 7.10. The van der Waals surface area contributed by atoms with Crippen LogP contribution in [0.2, 0.25) is 0 Å². The second kappa shape index (κ2) is 10.1. The maximum absolute atomic E-state index is 12.6. The molecule has 0 bridgehead atoms. The lowest BCUT2D eigenvalue weighted by molar-refractivity contribution is -0.277. The first-order chi connectivity index (χ1) is 15.3. The highest BCUT2D eigenvalue weighted by Gasteiger charge is 2.44. The molecule has 0 aliphatic carbocycles. The number of hydrogen-bond acceptors (Lipinski definition) is 10. The van der Waals surface area contributed by atoms with Gasteiger partial charge >= 0.3 is 0 Å². The molecular weight excluding hydrogens is 424 g/mol. The molecule has 172 valence electrons. The van der Waals surface area contributed by atoms with E-state index in [2.05, 4.69) is 0 Å². The highest BCUT2D eigenvalue weighted by atomic mass is 16.7. The fraction of sp³-hybridized carbons (Fsp3) is 0.364. The quantitative estimate of drug-likeness (QED) is 0.319. The van der Waals surface area contributed by atoms with Crippen molar-refractivity contribution in [1.82, 2.24) is 0 Å². The summed E-state index contributed by atoms with van der Waals surface area (Å²) >= 11 is 0. The van der Waals surface area contributed by atoms with Crippen molar-refractivity contribution in [3.63, 3.8) is 0 Å². The van der Waals surface area contributed by atoms with Crippen molar-refractivity contribution in [2.75, 3.05) is 20.8 Å². The third-order valence-corrected chi connectivity index (χ3v) is 5.04. The molecule has 5 atom stereocenters. The summed E-state index contributed by atoms with van der Waals surface area (Å²) in [6, 6.07) is 9.92. The normalized spacial score (nSPS) is 25.1. The molecule has 2 aromatic rings. The van der Waals surface area contributed by atoms with Crippen molar-refractivity contribution >= 4 is 11.6 Å². The SMILES string of the molecule is COc1cc(OC)cc(C(=O)C(=O)c2ccc(O[C@@H]3O[C@H](CO)[C@@H](O)[C@H](O)[C@H]3O)cc2)c1. The lowest BCUT2D eigenvalue weighted by Crippen LogP contribution is -2.60. The zero-order valence-corrected chi connectivity index (χ0v) is 17.4. The van der Waals surface area contributed by atoms with E-state index in [9.17, 15) is 30.0 Å². The summed E-state index contributed by atoms with van der Waals surface area (Å²) in [5, 5.41) is 38.9. The summed E-state index contributed by atoms with van der Waals surface area (Å²) in [7, 11) is 2.86. The summed E-state index contributed by atoms with van der Waals surface area (Å²) in [6.07, 6.45) is -7.13.